The molecule has 2 aliphatic rings. The lowest BCUT2D eigenvalue weighted by Crippen LogP contribution is -2.56. The second kappa shape index (κ2) is 9.95. The molecular weight excluding hydrogens is 408 g/mol. The van der Waals surface area contributed by atoms with Crippen molar-refractivity contribution in [1.29, 1.82) is 0 Å². The molecule has 9 heteroatoms. The molecule has 1 unspecified atom stereocenters. The number of ether oxygens (including phenoxy) is 1. The van der Waals surface area contributed by atoms with Gasteiger partial charge in [-0.05, 0) is 37.3 Å². The first kappa shape index (κ1) is 22.0. The molecule has 0 aliphatic carbocycles. The Morgan fingerprint density at radius 2 is 1.62 bits per heavy atom. The maximum Gasteiger partial charge on any atom is 0.337 e. The van der Waals surface area contributed by atoms with Crippen LogP contribution in [0.3, 0.4) is 0 Å². The monoisotopic (exact) mass is 438 g/mol. The fraction of sp³-hybridized carbons (Fsp3) is 0.478. The lowest BCUT2D eigenvalue weighted by atomic mass is 10.1. The number of hydrogen-bond acceptors (Lipinski definition) is 8. The molecule has 3 heterocycles. The molecule has 0 radical (unpaired) electrons. The van der Waals surface area contributed by atoms with Crippen LogP contribution in [-0.4, -0.2) is 97.2 Å². The van der Waals surface area contributed by atoms with Crippen LogP contribution in [0.15, 0.2) is 42.7 Å². The van der Waals surface area contributed by atoms with Gasteiger partial charge in [0.2, 0.25) is 11.9 Å². The molecule has 1 amide bonds. The highest BCUT2D eigenvalue weighted by Crippen LogP contribution is 2.20. The number of aromatic nitrogens is 2. The number of rotatable bonds is 5. The number of piperazine rings is 2. The number of hydrogen-bond donors (Lipinski definition) is 0. The van der Waals surface area contributed by atoms with Gasteiger partial charge in [-0.15, -0.1) is 0 Å². The van der Waals surface area contributed by atoms with Gasteiger partial charge in [-0.25, -0.2) is 14.8 Å². The summed E-state index contributed by atoms with van der Waals surface area (Å²) in [6.45, 7) is 7.99. The van der Waals surface area contributed by atoms with E-state index < -0.39 is 0 Å². The molecule has 2 fully saturated rings. The molecular formula is C23H30N6O3. The third kappa shape index (κ3) is 4.99. The zero-order valence-electron chi connectivity index (χ0n) is 18.7. The number of anilines is 2. The standard InChI is InChI=1S/C23H30N6O3/c1-18-16-29(20-6-4-19(5-7-20)22(31)32-2)15-14-28(18)17-21(30)26-10-12-27(13-11-26)23-24-8-3-9-25-23/h3-9,18H,10-17H2,1-2H3. The van der Waals surface area contributed by atoms with Crippen molar-refractivity contribution in [3.63, 3.8) is 0 Å². The molecule has 2 aliphatic heterocycles. The molecule has 4 rings (SSSR count). The van der Waals surface area contributed by atoms with Crippen LogP contribution in [-0.2, 0) is 9.53 Å². The molecule has 1 aromatic heterocycles. The zero-order chi connectivity index (χ0) is 22.5. The molecule has 170 valence electrons. The molecule has 0 spiro atoms. The van der Waals surface area contributed by atoms with Crippen LogP contribution in [0.2, 0.25) is 0 Å². The van der Waals surface area contributed by atoms with Gasteiger partial charge < -0.3 is 19.4 Å². The summed E-state index contributed by atoms with van der Waals surface area (Å²) in [6.07, 6.45) is 3.49. The SMILES string of the molecule is COC(=O)c1ccc(N2CCN(CC(=O)N3CCN(c4ncccn4)CC3)C(C)C2)cc1. The van der Waals surface area contributed by atoms with Crippen LogP contribution in [0, 0.1) is 0 Å². The fourth-order valence-corrected chi connectivity index (χ4v) is 4.27. The minimum atomic E-state index is -0.328. The van der Waals surface area contributed by atoms with Gasteiger partial charge in [0.05, 0.1) is 19.2 Å². The van der Waals surface area contributed by atoms with Crippen LogP contribution in [0.5, 0.6) is 0 Å². The van der Waals surface area contributed by atoms with Gasteiger partial charge in [0.25, 0.3) is 0 Å². The predicted octanol–water partition coefficient (Wildman–Crippen LogP) is 1.12. The third-order valence-electron chi connectivity index (χ3n) is 6.22. The van der Waals surface area contributed by atoms with Gasteiger partial charge in [0, 0.05) is 69.9 Å². The van der Waals surface area contributed by atoms with Crippen LogP contribution < -0.4 is 9.80 Å². The summed E-state index contributed by atoms with van der Waals surface area (Å²) in [4.78, 5) is 41.8. The van der Waals surface area contributed by atoms with Crippen molar-refractivity contribution in [1.82, 2.24) is 19.8 Å². The third-order valence-corrected chi connectivity index (χ3v) is 6.22. The number of carbonyl (C=O) groups is 2. The number of amides is 1. The van der Waals surface area contributed by atoms with E-state index in [0.29, 0.717) is 25.2 Å². The maximum atomic E-state index is 12.9. The van der Waals surface area contributed by atoms with Gasteiger partial charge in [0.1, 0.15) is 0 Å². The summed E-state index contributed by atoms with van der Waals surface area (Å²) in [5, 5.41) is 0. The first-order valence-electron chi connectivity index (χ1n) is 11.0. The van der Waals surface area contributed by atoms with Crippen molar-refractivity contribution in [3.8, 4) is 0 Å². The summed E-state index contributed by atoms with van der Waals surface area (Å²) in [6, 6.07) is 9.56. The van der Waals surface area contributed by atoms with Gasteiger partial charge in [-0.2, -0.15) is 0 Å². The summed E-state index contributed by atoms with van der Waals surface area (Å²) in [7, 11) is 1.38. The van der Waals surface area contributed by atoms with Gasteiger partial charge in [-0.1, -0.05) is 0 Å². The Kier molecular flexibility index (Phi) is 6.84. The van der Waals surface area contributed by atoms with E-state index in [0.717, 1.165) is 44.4 Å². The van der Waals surface area contributed by atoms with E-state index in [1.54, 1.807) is 24.5 Å². The Balaban J connectivity index is 1.26. The highest BCUT2D eigenvalue weighted by molar-refractivity contribution is 5.89. The quantitative estimate of drug-likeness (QED) is 0.643. The minimum absolute atomic E-state index is 0.182. The van der Waals surface area contributed by atoms with E-state index >= 15 is 0 Å². The van der Waals surface area contributed by atoms with E-state index in [2.05, 4.69) is 31.6 Å². The predicted molar refractivity (Wildman–Crippen MR) is 122 cm³/mol. The van der Waals surface area contributed by atoms with Crippen molar-refractivity contribution in [2.45, 2.75) is 13.0 Å². The van der Waals surface area contributed by atoms with Crippen molar-refractivity contribution in [2.24, 2.45) is 0 Å². The molecule has 32 heavy (non-hydrogen) atoms. The Bertz CT molecular complexity index is 915. The summed E-state index contributed by atoms with van der Waals surface area (Å²) in [5.74, 6) is 0.579. The van der Waals surface area contributed by atoms with Crippen molar-refractivity contribution < 1.29 is 14.3 Å². The van der Waals surface area contributed by atoms with Crippen molar-refractivity contribution in [2.75, 3.05) is 69.3 Å². The van der Waals surface area contributed by atoms with Gasteiger partial charge in [-0.3, -0.25) is 9.69 Å². The summed E-state index contributed by atoms with van der Waals surface area (Å²) in [5.41, 5.74) is 1.63. The van der Waals surface area contributed by atoms with Crippen LogP contribution >= 0.6 is 0 Å². The minimum Gasteiger partial charge on any atom is -0.465 e. The Morgan fingerprint density at radius 1 is 0.969 bits per heavy atom. The van der Waals surface area contributed by atoms with Crippen LogP contribution in [0.25, 0.3) is 0 Å². The molecule has 1 aromatic carbocycles. The van der Waals surface area contributed by atoms with E-state index in [1.807, 2.05) is 23.1 Å². The topological polar surface area (TPSA) is 82.1 Å². The Hall–Kier alpha value is -3.20. The van der Waals surface area contributed by atoms with Gasteiger partial charge in [0.15, 0.2) is 0 Å². The average molecular weight is 439 g/mol. The molecule has 1 atom stereocenters. The second-order valence-corrected chi connectivity index (χ2v) is 8.22. The Labute approximate surface area is 188 Å². The van der Waals surface area contributed by atoms with Crippen molar-refractivity contribution >= 4 is 23.5 Å². The Morgan fingerprint density at radius 3 is 2.25 bits per heavy atom. The first-order chi connectivity index (χ1) is 15.5. The summed E-state index contributed by atoms with van der Waals surface area (Å²) >= 11 is 0. The summed E-state index contributed by atoms with van der Waals surface area (Å²) < 4.78 is 4.76. The lowest BCUT2D eigenvalue weighted by Gasteiger charge is -2.42. The zero-order valence-corrected chi connectivity index (χ0v) is 18.7. The number of esters is 1. The van der Waals surface area contributed by atoms with Crippen LogP contribution in [0.1, 0.15) is 17.3 Å². The van der Waals surface area contributed by atoms with Crippen molar-refractivity contribution in [3.05, 3.63) is 48.3 Å². The molecule has 0 saturated carbocycles. The normalized spacial score (nSPS) is 19.7. The molecule has 0 N–H and O–H groups in total. The fourth-order valence-electron chi connectivity index (χ4n) is 4.27. The molecule has 0 bridgehead atoms. The number of carbonyl (C=O) groups excluding carboxylic acids is 2. The number of benzene rings is 1. The maximum absolute atomic E-state index is 12.9. The molecule has 9 nitrogen and oxygen atoms in total. The molecule has 2 saturated heterocycles. The second-order valence-electron chi connectivity index (χ2n) is 8.22. The highest BCUT2D eigenvalue weighted by Gasteiger charge is 2.29. The van der Waals surface area contributed by atoms with E-state index in [4.69, 9.17) is 4.74 Å². The van der Waals surface area contributed by atoms with Crippen LogP contribution in [0.4, 0.5) is 11.6 Å². The number of methoxy groups -OCH3 is 1. The van der Waals surface area contributed by atoms with E-state index in [9.17, 15) is 9.59 Å². The largest absolute Gasteiger partial charge is 0.465 e. The van der Waals surface area contributed by atoms with E-state index in [-0.39, 0.29) is 17.9 Å². The first-order valence-corrected chi connectivity index (χ1v) is 11.0. The molecule has 2 aromatic rings. The lowest BCUT2D eigenvalue weighted by molar-refractivity contribution is -0.133. The van der Waals surface area contributed by atoms with E-state index in [1.165, 1.54) is 7.11 Å². The highest BCUT2D eigenvalue weighted by atomic mass is 16.5. The average Bonchev–Trinajstić information content (AvgIpc) is 2.85. The van der Waals surface area contributed by atoms with Gasteiger partial charge >= 0.3 is 5.97 Å². The number of nitrogens with zero attached hydrogens (tertiary/aromatic N) is 6. The smallest absolute Gasteiger partial charge is 0.337 e.